The van der Waals surface area contributed by atoms with Crippen molar-refractivity contribution in [1.82, 2.24) is 0 Å². The van der Waals surface area contributed by atoms with Gasteiger partial charge in [-0.25, -0.2) is 8.78 Å². The van der Waals surface area contributed by atoms with Gasteiger partial charge in [0.15, 0.2) is 0 Å². The Kier molecular flexibility index (Phi) is 4.16. The molecule has 0 radical (unpaired) electrons. The first-order chi connectivity index (χ1) is 8.56. The summed E-state index contributed by atoms with van der Waals surface area (Å²) in [4.78, 5) is 0. The fraction of sp³-hybridized carbons (Fsp3) is 0.500. The number of alkyl halides is 2. The molecular weight excluding hydrogens is 258 g/mol. The lowest BCUT2D eigenvalue weighted by molar-refractivity contribution is 0.152. The van der Waals surface area contributed by atoms with E-state index in [4.69, 9.17) is 5.73 Å². The predicted octanol–water partition coefficient (Wildman–Crippen LogP) is 2.53. The fourth-order valence-corrected chi connectivity index (χ4v) is 3.35. The molecule has 3 N–H and O–H groups in total. The number of hydrogen-bond donors (Lipinski definition) is 2. The van der Waals surface area contributed by atoms with E-state index in [9.17, 15) is 13.0 Å². The maximum absolute atomic E-state index is 12.9. The highest BCUT2D eigenvalue weighted by molar-refractivity contribution is 7.85. The zero-order valence-corrected chi connectivity index (χ0v) is 10.7. The minimum Gasteiger partial charge on any atom is -0.399 e. The van der Waals surface area contributed by atoms with Crippen LogP contribution in [0.2, 0.25) is 0 Å². The maximum atomic E-state index is 12.9. The maximum Gasteiger partial charge on any atom is 0.265 e. The van der Waals surface area contributed by atoms with Crippen LogP contribution in [0, 0.1) is 0 Å². The van der Waals surface area contributed by atoms with Crippen molar-refractivity contribution in [3.63, 3.8) is 0 Å². The number of nitrogen functional groups attached to an aromatic ring is 1. The zero-order chi connectivity index (χ0) is 13.1. The van der Waals surface area contributed by atoms with Crippen molar-refractivity contribution >= 4 is 22.2 Å². The highest BCUT2D eigenvalue weighted by atomic mass is 32.2. The number of hydrogen-bond acceptors (Lipinski definition) is 3. The molecule has 0 atom stereocenters. The summed E-state index contributed by atoms with van der Waals surface area (Å²) in [7, 11) is -0.745. The van der Waals surface area contributed by atoms with Crippen LogP contribution in [-0.2, 0) is 10.8 Å². The van der Waals surface area contributed by atoms with Crippen LogP contribution in [0.4, 0.5) is 20.2 Å². The molecule has 0 amide bonds. The number of nitrogens with one attached hydrogen (secondary N) is 1. The molecule has 1 aliphatic heterocycles. The molecule has 0 bridgehead atoms. The zero-order valence-electron chi connectivity index (χ0n) is 9.86. The van der Waals surface area contributed by atoms with Crippen molar-refractivity contribution in [1.29, 1.82) is 0 Å². The molecule has 1 aromatic carbocycles. The molecule has 6 heteroatoms. The summed E-state index contributed by atoms with van der Waals surface area (Å²) in [5.41, 5.74) is 6.21. The monoisotopic (exact) mass is 274 g/mol. The summed E-state index contributed by atoms with van der Waals surface area (Å²) in [5.74, 6) is 1.27. The second-order valence-electron chi connectivity index (χ2n) is 4.41. The van der Waals surface area contributed by atoms with Gasteiger partial charge >= 0.3 is 0 Å². The molecule has 3 nitrogen and oxygen atoms in total. The molecule has 100 valence electrons. The standard InChI is InChI=1S/C12H16F2N2OS/c13-12(14)10-7-8(15)1-2-11(10)16-9-3-5-18(17)6-4-9/h1-2,7,9,12,16H,3-6,15H2. The summed E-state index contributed by atoms with van der Waals surface area (Å²) >= 11 is 0. The summed E-state index contributed by atoms with van der Waals surface area (Å²) in [6.07, 6.45) is -1.05. The third kappa shape index (κ3) is 3.19. The van der Waals surface area contributed by atoms with Crippen molar-refractivity contribution in [2.24, 2.45) is 0 Å². The van der Waals surface area contributed by atoms with Gasteiger partial charge < -0.3 is 11.1 Å². The Balaban J connectivity index is 2.11. The molecule has 1 aromatic rings. The van der Waals surface area contributed by atoms with Crippen LogP contribution in [0.3, 0.4) is 0 Å². The predicted molar refractivity (Wildman–Crippen MR) is 70.3 cm³/mol. The van der Waals surface area contributed by atoms with E-state index in [2.05, 4.69) is 5.32 Å². The van der Waals surface area contributed by atoms with Crippen LogP contribution in [0.15, 0.2) is 18.2 Å². The first-order valence-electron chi connectivity index (χ1n) is 5.85. The molecule has 18 heavy (non-hydrogen) atoms. The Bertz CT molecular complexity index is 444. The van der Waals surface area contributed by atoms with Gasteiger partial charge in [0.2, 0.25) is 0 Å². The van der Waals surface area contributed by atoms with Crippen LogP contribution < -0.4 is 11.1 Å². The third-order valence-corrected chi connectivity index (χ3v) is 4.44. The average molecular weight is 274 g/mol. The molecular formula is C12H16F2N2OS. The van der Waals surface area contributed by atoms with Crippen molar-refractivity contribution in [3.8, 4) is 0 Å². The van der Waals surface area contributed by atoms with Crippen LogP contribution >= 0.6 is 0 Å². The molecule has 0 unspecified atom stereocenters. The summed E-state index contributed by atoms with van der Waals surface area (Å²) in [6, 6.07) is 4.61. The number of rotatable bonds is 3. The lowest BCUT2D eigenvalue weighted by atomic mass is 10.1. The van der Waals surface area contributed by atoms with Gasteiger partial charge in [0, 0.05) is 45.3 Å². The van der Waals surface area contributed by atoms with Gasteiger partial charge in [-0.1, -0.05) is 0 Å². The van der Waals surface area contributed by atoms with Crippen molar-refractivity contribution in [2.45, 2.75) is 25.3 Å². The van der Waals surface area contributed by atoms with E-state index in [-0.39, 0.29) is 11.6 Å². The van der Waals surface area contributed by atoms with Gasteiger partial charge in [-0.15, -0.1) is 0 Å². The third-order valence-electron chi connectivity index (χ3n) is 3.06. The smallest absolute Gasteiger partial charge is 0.265 e. The average Bonchev–Trinajstić information content (AvgIpc) is 2.34. The van der Waals surface area contributed by atoms with E-state index in [1.165, 1.54) is 6.07 Å². The number of nitrogens with two attached hydrogens (primary N) is 1. The molecule has 1 heterocycles. The Hall–Kier alpha value is -1.17. The Labute approximate surface area is 107 Å². The largest absolute Gasteiger partial charge is 0.399 e. The SMILES string of the molecule is Nc1ccc(NC2CCS(=O)CC2)c(C(F)F)c1. The van der Waals surface area contributed by atoms with E-state index in [1.807, 2.05) is 0 Å². The van der Waals surface area contributed by atoms with E-state index in [0.717, 1.165) is 12.8 Å². The molecule has 1 saturated heterocycles. The van der Waals surface area contributed by atoms with Crippen LogP contribution in [-0.4, -0.2) is 21.8 Å². The molecule has 0 saturated carbocycles. The van der Waals surface area contributed by atoms with Crippen LogP contribution in [0.5, 0.6) is 0 Å². The van der Waals surface area contributed by atoms with Crippen LogP contribution in [0.1, 0.15) is 24.8 Å². The Morgan fingerprint density at radius 1 is 1.33 bits per heavy atom. The molecule has 1 fully saturated rings. The minimum atomic E-state index is -2.55. The topological polar surface area (TPSA) is 55.1 Å². The first kappa shape index (κ1) is 13.3. The van der Waals surface area contributed by atoms with Gasteiger partial charge in [-0.05, 0) is 31.0 Å². The summed E-state index contributed by atoms with van der Waals surface area (Å²) < 4.78 is 37.0. The van der Waals surface area contributed by atoms with Gasteiger partial charge in [-0.2, -0.15) is 0 Å². The van der Waals surface area contributed by atoms with E-state index in [0.29, 0.717) is 22.9 Å². The molecule has 0 aromatic heterocycles. The van der Waals surface area contributed by atoms with Crippen molar-refractivity contribution < 1.29 is 13.0 Å². The first-order valence-corrected chi connectivity index (χ1v) is 7.34. The second-order valence-corrected chi connectivity index (χ2v) is 6.11. The normalized spacial score (nSPS) is 24.2. The summed E-state index contributed by atoms with van der Waals surface area (Å²) in [5, 5.41) is 3.11. The lowest BCUT2D eigenvalue weighted by Crippen LogP contribution is -2.29. The van der Waals surface area contributed by atoms with Crippen molar-refractivity contribution in [3.05, 3.63) is 23.8 Å². The van der Waals surface area contributed by atoms with Gasteiger partial charge in [0.1, 0.15) is 0 Å². The Morgan fingerprint density at radius 2 is 2.00 bits per heavy atom. The van der Waals surface area contributed by atoms with Crippen molar-refractivity contribution in [2.75, 3.05) is 22.6 Å². The van der Waals surface area contributed by atoms with E-state index < -0.39 is 17.2 Å². The molecule has 0 spiro atoms. The highest BCUT2D eigenvalue weighted by Gasteiger charge is 2.20. The number of benzene rings is 1. The summed E-state index contributed by atoms with van der Waals surface area (Å²) in [6.45, 7) is 0. The highest BCUT2D eigenvalue weighted by Crippen LogP contribution is 2.30. The van der Waals surface area contributed by atoms with Crippen LogP contribution in [0.25, 0.3) is 0 Å². The number of halogens is 2. The fourth-order valence-electron chi connectivity index (χ4n) is 2.05. The van der Waals surface area contributed by atoms with E-state index >= 15 is 0 Å². The van der Waals surface area contributed by atoms with E-state index in [1.54, 1.807) is 12.1 Å². The molecule has 1 aliphatic rings. The second kappa shape index (κ2) is 5.65. The van der Waals surface area contributed by atoms with Gasteiger partial charge in [0.05, 0.1) is 0 Å². The lowest BCUT2D eigenvalue weighted by Gasteiger charge is -2.25. The minimum absolute atomic E-state index is 0.0679. The number of anilines is 2. The Morgan fingerprint density at radius 3 is 2.61 bits per heavy atom. The molecule has 2 rings (SSSR count). The van der Waals surface area contributed by atoms with Gasteiger partial charge in [0.25, 0.3) is 6.43 Å². The molecule has 0 aliphatic carbocycles. The van der Waals surface area contributed by atoms with Gasteiger partial charge in [-0.3, -0.25) is 4.21 Å². The quantitative estimate of drug-likeness (QED) is 0.833.